The Morgan fingerprint density at radius 3 is 2.68 bits per heavy atom. The lowest BCUT2D eigenvalue weighted by atomic mass is 10.1. The highest BCUT2D eigenvalue weighted by Gasteiger charge is 2.22. The number of ether oxygens (including phenoxy) is 2. The van der Waals surface area contributed by atoms with Crippen LogP contribution in [0.25, 0.3) is 0 Å². The Labute approximate surface area is 204 Å². The molecule has 0 amide bonds. The minimum Gasteiger partial charge on any atom is -0.494 e. The topological polar surface area (TPSA) is 92.3 Å². The van der Waals surface area contributed by atoms with Crippen molar-refractivity contribution >= 4 is 40.0 Å². The standard InChI is InChI=1S/C21H36N4O4S.HI/c1-6-22-21(23-10-9-11-25(5)30(26,27)8-3)24-15-18-14-20-17(12-16(4)29-20)13-19(18)28-7-2;/h13-14,16H,6-12,15H2,1-5H3,(H2,22,23,24);1H. The number of aliphatic imine (C=N–C) groups is 1. The molecule has 1 atom stereocenters. The van der Waals surface area contributed by atoms with E-state index in [2.05, 4.69) is 28.6 Å². The van der Waals surface area contributed by atoms with E-state index in [0.29, 0.717) is 38.6 Å². The SMILES string of the molecule is CCNC(=NCc1cc2c(cc1OCC)CC(C)O2)NCCCN(C)S(=O)(=O)CC.I. The van der Waals surface area contributed by atoms with Gasteiger partial charge in [-0.15, -0.1) is 24.0 Å². The van der Waals surface area contributed by atoms with E-state index in [9.17, 15) is 8.42 Å². The summed E-state index contributed by atoms with van der Waals surface area (Å²) in [5.74, 6) is 2.57. The van der Waals surface area contributed by atoms with Crippen molar-refractivity contribution in [1.29, 1.82) is 0 Å². The Morgan fingerprint density at radius 2 is 2.03 bits per heavy atom. The second-order valence-corrected chi connectivity index (χ2v) is 9.70. The Balaban J connectivity index is 0.00000480. The molecule has 0 spiro atoms. The van der Waals surface area contributed by atoms with Gasteiger partial charge >= 0.3 is 0 Å². The van der Waals surface area contributed by atoms with Crippen LogP contribution >= 0.6 is 24.0 Å². The van der Waals surface area contributed by atoms with Crippen molar-refractivity contribution < 1.29 is 17.9 Å². The normalized spacial score (nSPS) is 15.8. The summed E-state index contributed by atoms with van der Waals surface area (Å²) < 4.78 is 36.8. The maximum atomic E-state index is 11.8. The number of benzene rings is 1. The van der Waals surface area contributed by atoms with E-state index in [4.69, 9.17) is 9.47 Å². The second kappa shape index (κ2) is 13.3. The fraction of sp³-hybridized carbons (Fsp3) is 0.667. The van der Waals surface area contributed by atoms with Crippen LogP contribution in [0, 0.1) is 0 Å². The fourth-order valence-corrected chi connectivity index (χ4v) is 4.12. The molecule has 0 bridgehead atoms. The first-order chi connectivity index (χ1) is 14.3. The molecule has 8 nitrogen and oxygen atoms in total. The second-order valence-electron chi connectivity index (χ2n) is 7.33. The van der Waals surface area contributed by atoms with Crippen molar-refractivity contribution in [2.45, 2.75) is 53.2 Å². The minimum atomic E-state index is -3.14. The van der Waals surface area contributed by atoms with Gasteiger partial charge in [0.25, 0.3) is 0 Å². The van der Waals surface area contributed by atoms with E-state index in [0.717, 1.165) is 30.0 Å². The van der Waals surface area contributed by atoms with Gasteiger partial charge in [-0.1, -0.05) is 0 Å². The molecular formula is C21H37IN4O4S. The van der Waals surface area contributed by atoms with Crippen molar-refractivity contribution in [1.82, 2.24) is 14.9 Å². The first-order valence-electron chi connectivity index (χ1n) is 10.7. The molecule has 10 heteroatoms. The van der Waals surface area contributed by atoms with Crippen LogP contribution in [0.4, 0.5) is 0 Å². The highest BCUT2D eigenvalue weighted by Crippen LogP contribution is 2.35. The van der Waals surface area contributed by atoms with Crippen LogP contribution in [0.15, 0.2) is 17.1 Å². The molecule has 2 rings (SSSR count). The van der Waals surface area contributed by atoms with E-state index in [1.807, 2.05) is 19.9 Å². The van der Waals surface area contributed by atoms with Crippen LogP contribution in [-0.4, -0.2) is 63.8 Å². The Bertz CT molecular complexity index is 833. The summed E-state index contributed by atoms with van der Waals surface area (Å²) in [4.78, 5) is 4.68. The molecule has 0 fully saturated rings. The summed E-state index contributed by atoms with van der Waals surface area (Å²) in [5, 5.41) is 6.50. The highest BCUT2D eigenvalue weighted by atomic mass is 127. The molecule has 0 saturated heterocycles. The molecule has 2 N–H and O–H groups in total. The summed E-state index contributed by atoms with van der Waals surface area (Å²) in [6.07, 6.45) is 1.77. The van der Waals surface area contributed by atoms with Crippen molar-refractivity contribution in [2.75, 3.05) is 39.0 Å². The lowest BCUT2D eigenvalue weighted by Crippen LogP contribution is -2.39. The van der Waals surface area contributed by atoms with E-state index < -0.39 is 10.0 Å². The van der Waals surface area contributed by atoms with Gasteiger partial charge in [-0.2, -0.15) is 0 Å². The zero-order chi connectivity index (χ0) is 22.1. The summed E-state index contributed by atoms with van der Waals surface area (Å²) in [7, 11) is -1.53. The van der Waals surface area contributed by atoms with Gasteiger partial charge in [0.15, 0.2) is 5.96 Å². The van der Waals surface area contributed by atoms with Gasteiger partial charge < -0.3 is 20.1 Å². The molecule has 1 unspecified atom stereocenters. The summed E-state index contributed by atoms with van der Waals surface area (Å²) in [6.45, 7) is 10.6. The molecular weight excluding hydrogens is 531 g/mol. The lowest BCUT2D eigenvalue weighted by molar-refractivity contribution is 0.254. The zero-order valence-corrected chi connectivity index (χ0v) is 22.4. The quantitative estimate of drug-likeness (QED) is 0.185. The number of sulfonamides is 1. The lowest BCUT2D eigenvalue weighted by Gasteiger charge is -2.17. The molecule has 0 aromatic heterocycles. The highest BCUT2D eigenvalue weighted by molar-refractivity contribution is 14.0. The summed E-state index contributed by atoms with van der Waals surface area (Å²) >= 11 is 0. The van der Waals surface area contributed by atoms with E-state index >= 15 is 0 Å². The van der Waals surface area contributed by atoms with Crippen molar-refractivity contribution in [3.63, 3.8) is 0 Å². The monoisotopic (exact) mass is 568 g/mol. The van der Waals surface area contributed by atoms with Gasteiger partial charge in [0.1, 0.15) is 17.6 Å². The molecule has 31 heavy (non-hydrogen) atoms. The Kier molecular flexibility index (Phi) is 11.9. The molecule has 0 radical (unpaired) electrons. The summed E-state index contributed by atoms with van der Waals surface area (Å²) in [6, 6.07) is 4.10. The molecule has 1 aliphatic rings. The summed E-state index contributed by atoms with van der Waals surface area (Å²) in [5.41, 5.74) is 2.16. The first kappa shape index (κ1) is 27.8. The first-order valence-corrected chi connectivity index (χ1v) is 12.3. The number of hydrogen-bond acceptors (Lipinski definition) is 5. The number of halogens is 1. The molecule has 0 aliphatic carbocycles. The number of nitrogens with one attached hydrogen (secondary N) is 2. The van der Waals surface area contributed by atoms with Crippen molar-refractivity contribution in [3.8, 4) is 11.5 Å². The number of rotatable bonds is 11. The predicted molar refractivity (Wildman–Crippen MR) is 136 cm³/mol. The van der Waals surface area contributed by atoms with Crippen LogP contribution in [-0.2, 0) is 23.0 Å². The number of fused-ring (bicyclic) bond motifs is 1. The van der Waals surface area contributed by atoms with Crippen LogP contribution in [0.5, 0.6) is 11.5 Å². The van der Waals surface area contributed by atoms with Crippen molar-refractivity contribution in [3.05, 3.63) is 23.3 Å². The Morgan fingerprint density at radius 1 is 1.29 bits per heavy atom. The van der Waals surface area contributed by atoms with Gasteiger partial charge in [0.2, 0.25) is 10.0 Å². The van der Waals surface area contributed by atoms with Gasteiger partial charge in [-0.3, -0.25) is 0 Å². The van der Waals surface area contributed by atoms with Crippen LogP contribution in [0.1, 0.15) is 45.2 Å². The van der Waals surface area contributed by atoms with Crippen LogP contribution in [0.3, 0.4) is 0 Å². The average Bonchev–Trinajstić information content (AvgIpc) is 3.07. The number of hydrogen-bond donors (Lipinski definition) is 2. The van der Waals surface area contributed by atoms with Gasteiger partial charge in [0, 0.05) is 44.2 Å². The minimum absolute atomic E-state index is 0. The van der Waals surface area contributed by atoms with E-state index in [1.165, 1.54) is 9.87 Å². The molecule has 1 aliphatic heterocycles. The maximum Gasteiger partial charge on any atom is 0.213 e. The molecule has 0 saturated carbocycles. The molecule has 1 aromatic rings. The zero-order valence-electron chi connectivity index (χ0n) is 19.2. The number of guanidine groups is 1. The van der Waals surface area contributed by atoms with E-state index in [-0.39, 0.29) is 35.8 Å². The number of nitrogens with zero attached hydrogens (tertiary/aromatic N) is 2. The molecule has 178 valence electrons. The van der Waals surface area contributed by atoms with Crippen LogP contribution in [0.2, 0.25) is 0 Å². The third-order valence-corrected chi connectivity index (χ3v) is 6.77. The molecule has 1 heterocycles. The van der Waals surface area contributed by atoms with Crippen molar-refractivity contribution in [2.24, 2.45) is 4.99 Å². The Hall–Kier alpha value is -1.27. The van der Waals surface area contributed by atoms with E-state index in [1.54, 1.807) is 14.0 Å². The van der Waals surface area contributed by atoms with Gasteiger partial charge in [0.05, 0.1) is 18.9 Å². The van der Waals surface area contributed by atoms with Gasteiger partial charge in [-0.25, -0.2) is 17.7 Å². The fourth-order valence-electron chi connectivity index (χ4n) is 3.27. The third-order valence-electron chi connectivity index (χ3n) is 4.91. The predicted octanol–water partition coefficient (Wildman–Crippen LogP) is 2.75. The van der Waals surface area contributed by atoms with Gasteiger partial charge in [-0.05, 0) is 46.2 Å². The smallest absolute Gasteiger partial charge is 0.213 e. The largest absolute Gasteiger partial charge is 0.494 e. The van der Waals surface area contributed by atoms with Crippen LogP contribution < -0.4 is 20.1 Å². The molecule has 1 aromatic carbocycles. The average molecular weight is 569 g/mol. The maximum absolute atomic E-state index is 11.8. The third kappa shape index (κ3) is 8.30.